The molecule has 0 fully saturated rings. The highest BCUT2D eigenvalue weighted by Gasteiger charge is 2.23. The molecule has 1 N–H and O–H groups in total. The van der Waals surface area contributed by atoms with Crippen molar-refractivity contribution in [1.29, 1.82) is 0 Å². The maximum absolute atomic E-state index is 11.8. The van der Waals surface area contributed by atoms with Gasteiger partial charge in [-0.15, -0.1) is 11.3 Å². The summed E-state index contributed by atoms with van der Waals surface area (Å²) in [5, 5.41) is 11.6. The van der Waals surface area contributed by atoms with Gasteiger partial charge in [-0.25, -0.2) is 0 Å². The van der Waals surface area contributed by atoms with Crippen LogP contribution < -0.4 is 9.47 Å². The molecule has 1 unspecified atom stereocenters. The predicted molar refractivity (Wildman–Crippen MR) is 112 cm³/mol. The molecule has 3 rings (SSSR count). The zero-order valence-corrected chi connectivity index (χ0v) is 16.7. The van der Waals surface area contributed by atoms with Crippen LogP contribution in [0, 0.1) is 0 Å². The summed E-state index contributed by atoms with van der Waals surface area (Å²) in [5.41, 5.74) is 2.15. The fourth-order valence-corrected chi connectivity index (χ4v) is 3.91. The van der Waals surface area contributed by atoms with Gasteiger partial charge in [-0.1, -0.05) is 42.5 Å². The van der Waals surface area contributed by atoms with E-state index in [0.29, 0.717) is 24.5 Å². The van der Waals surface area contributed by atoms with Gasteiger partial charge in [0.15, 0.2) is 0 Å². The summed E-state index contributed by atoms with van der Waals surface area (Å²) in [4.78, 5) is 12.6. The van der Waals surface area contributed by atoms with E-state index in [1.165, 1.54) is 16.9 Å². The zero-order chi connectivity index (χ0) is 19.8. The Balaban J connectivity index is 1.69. The number of ether oxygens (including phenoxy) is 2. The van der Waals surface area contributed by atoms with Gasteiger partial charge in [0.25, 0.3) is 0 Å². The van der Waals surface area contributed by atoms with Crippen LogP contribution in [-0.4, -0.2) is 24.8 Å². The van der Waals surface area contributed by atoms with E-state index in [1.54, 1.807) is 7.11 Å². The number of aryl methyl sites for hydroxylation is 1. The van der Waals surface area contributed by atoms with E-state index in [0.717, 1.165) is 23.3 Å². The molecule has 0 radical (unpaired) electrons. The lowest BCUT2D eigenvalue weighted by Gasteiger charge is -2.16. The Morgan fingerprint density at radius 3 is 2.61 bits per heavy atom. The van der Waals surface area contributed by atoms with Crippen molar-refractivity contribution in [3.05, 3.63) is 82.0 Å². The second kappa shape index (κ2) is 9.95. The summed E-state index contributed by atoms with van der Waals surface area (Å²) in [5.74, 6) is -0.0200. The van der Waals surface area contributed by atoms with Crippen molar-refractivity contribution < 1.29 is 19.4 Å². The highest BCUT2D eigenvalue weighted by molar-refractivity contribution is 7.10. The largest absolute Gasteiger partial charge is 0.497 e. The summed E-state index contributed by atoms with van der Waals surface area (Å²) in [6, 6.07) is 19.6. The standard InChI is InChI=1S/C23H24O4S/c1-26-19-12-11-18(15-20(23(24)25)22-10-6-14-28-22)21(16-19)27-13-5-9-17-7-3-2-4-8-17/h2-4,6-8,10-12,14,16,20H,5,9,13,15H2,1H3,(H,24,25). The average Bonchev–Trinajstić information content (AvgIpc) is 3.25. The Morgan fingerprint density at radius 1 is 1.11 bits per heavy atom. The Labute approximate surface area is 169 Å². The quantitative estimate of drug-likeness (QED) is 0.480. The van der Waals surface area contributed by atoms with Crippen molar-refractivity contribution in [3.63, 3.8) is 0 Å². The van der Waals surface area contributed by atoms with Crippen molar-refractivity contribution in [2.24, 2.45) is 0 Å². The average molecular weight is 397 g/mol. The molecular weight excluding hydrogens is 372 g/mol. The number of carboxylic acids is 1. The van der Waals surface area contributed by atoms with E-state index < -0.39 is 11.9 Å². The van der Waals surface area contributed by atoms with Gasteiger partial charge in [0.1, 0.15) is 11.5 Å². The molecule has 0 aliphatic carbocycles. The molecule has 0 spiro atoms. The van der Waals surface area contributed by atoms with Crippen LogP contribution in [0.5, 0.6) is 11.5 Å². The second-order valence-electron chi connectivity index (χ2n) is 6.52. The fraction of sp³-hybridized carbons (Fsp3) is 0.261. The second-order valence-corrected chi connectivity index (χ2v) is 7.50. The van der Waals surface area contributed by atoms with Gasteiger partial charge in [-0.2, -0.15) is 0 Å². The highest BCUT2D eigenvalue weighted by atomic mass is 32.1. The molecule has 1 atom stereocenters. The van der Waals surface area contributed by atoms with Gasteiger partial charge >= 0.3 is 5.97 Å². The maximum atomic E-state index is 11.8. The molecule has 0 amide bonds. The van der Waals surface area contributed by atoms with E-state index in [-0.39, 0.29) is 0 Å². The summed E-state index contributed by atoms with van der Waals surface area (Å²) >= 11 is 1.46. The first kappa shape index (κ1) is 20.0. The Kier molecular flexibility index (Phi) is 7.09. The van der Waals surface area contributed by atoms with Crippen LogP contribution in [-0.2, 0) is 17.6 Å². The number of rotatable bonds is 10. The van der Waals surface area contributed by atoms with Crippen LogP contribution in [0.4, 0.5) is 0 Å². The minimum atomic E-state index is -0.826. The first-order valence-electron chi connectivity index (χ1n) is 9.27. The van der Waals surface area contributed by atoms with Gasteiger partial charge in [-0.05, 0) is 47.9 Å². The molecule has 4 nitrogen and oxygen atoms in total. The van der Waals surface area contributed by atoms with Crippen molar-refractivity contribution in [1.82, 2.24) is 0 Å². The summed E-state index contributed by atoms with van der Waals surface area (Å²) in [6.07, 6.45) is 2.20. The molecule has 1 heterocycles. The number of hydrogen-bond acceptors (Lipinski definition) is 4. The van der Waals surface area contributed by atoms with E-state index >= 15 is 0 Å². The van der Waals surface area contributed by atoms with Crippen LogP contribution in [0.3, 0.4) is 0 Å². The van der Waals surface area contributed by atoms with Gasteiger partial charge in [-0.3, -0.25) is 4.79 Å². The molecule has 146 valence electrons. The van der Waals surface area contributed by atoms with E-state index in [9.17, 15) is 9.90 Å². The molecule has 3 aromatic rings. The molecule has 5 heteroatoms. The molecule has 0 saturated heterocycles. The van der Waals surface area contributed by atoms with Gasteiger partial charge < -0.3 is 14.6 Å². The normalized spacial score (nSPS) is 11.8. The number of hydrogen-bond donors (Lipinski definition) is 1. The molecule has 0 aliphatic heterocycles. The number of carbonyl (C=O) groups is 1. The lowest BCUT2D eigenvalue weighted by Crippen LogP contribution is -2.14. The van der Waals surface area contributed by atoms with Crippen molar-refractivity contribution >= 4 is 17.3 Å². The molecule has 0 saturated carbocycles. The fourth-order valence-electron chi connectivity index (χ4n) is 3.09. The molecular formula is C23H24O4S. The number of carboxylic acid groups (broad SMARTS) is 1. The highest BCUT2D eigenvalue weighted by Crippen LogP contribution is 2.32. The summed E-state index contributed by atoms with van der Waals surface area (Å²) < 4.78 is 11.3. The molecule has 28 heavy (non-hydrogen) atoms. The number of benzene rings is 2. The monoisotopic (exact) mass is 396 g/mol. The van der Waals surface area contributed by atoms with Crippen LogP contribution in [0.25, 0.3) is 0 Å². The van der Waals surface area contributed by atoms with E-state index in [2.05, 4.69) is 12.1 Å². The van der Waals surface area contributed by atoms with Crippen LogP contribution in [0.1, 0.15) is 28.3 Å². The third kappa shape index (κ3) is 5.36. The Hall–Kier alpha value is -2.79. The predicted octanol–water partition coefficient (Wildman–Crippen LogP) is 5.18. The van der Waals surface area contributed by atoms with Crippen LogP contribution in [0.15, 0.2) is 66.0 Å². The Bertz CT molecular complexity index is 875. The van der Waals surface area contributed by atoms with Gasteiger partial charge in [0, 0.05) is 10.9 Å². The minimum Gasteiger partial charge on any atom is -0.497 e. The van der Waals surface area contributed by atoms with Crippen molar-refractivity contribution in [2.45, 2.75) is 25.2 Å². The minimum absolute atomic E-state index is 0.383. The zero-order valence-electron chi connectivity index (χ0n) is 15.8. The summed E-state index contributed by atoms with van der Waals surface area (Å²) in [6.45, 7) is 0.561. The number of aliphatic carboxylic acids is 1. The van der Waals surface area contributed by atoms with Crippen LogP contribution in [0.2, 0.25) is 0 Å². The molecule has 2 aromatic carbocycles. The van der Waals surface area contributed by atoms with E-state index in [1.807, 2.05) is 53.9 Å². The SMILES string of the molecule is COc1ccc(CC(C(=O)O)c2cccs2)c(OCCCc2ccccc2)c1. The smallest absolute Gasteiger partial charge is 0.312 e. The van der Waals surface area contributed by atoms with Crippen molar-refractivity contribution in [2.75, 3.05) is 13.7 Å². The summed E-state index contributed by atoms with van der Waals surface area (Å²) in [7, 11) is 1.61. The number of methoxy groups -OCH3 is 1. The molecule has 1 aromatic heterocycles. The van der Waals surface area contributed by atoms with Crippen molar-refractivity contribution in [3.8, 4) is 11.5 Å². The topological polar surface area (TPSA) is 55.8 Å². The third-order valence-corrected chi connectivity index (χ3v) is 5.58. The van der Waals surface area contributed by atoms with Gasteiger partial charge in [0.05, 0.1) is 19.6 Å². The third-order valence-electron chi connectivity index (χ3n) is 4.59. The number of thiophene rings is 1. The molecule has 0 aliphatic rings. The lowest BCUT2D eigenvalue weighted by atomic mass is 9.97. The van der Waals surface area contributed by atoms with Gasteiger partial charge in [0.2, 0.25) is 0 Å². The maximum Gasteiger partial charge on any atom is 0.312 e. The van der Waals surface area contributed by atoms with Crippen LogP contribution >= 0.6 is 11.3 Å². The lowest BCUT2D eigenvalue weighted by molar-refractivity contribution is -0.138. The first-order chi connectivity index (χ1) is 13.7. The Morgan fingerprint density at radius 2 is 1.93 bits per heavy atom. The van der Waals surface area contributed by atoms with E-state index in [4.69, 9.17) is 9.47 Å². The first-order valence-corrected chi connectivity index (χ1v) is 10.1. The molecule has 0 bridgehead atoms.